The topological polar surface area (TPSA) is 65.1 Å². The van der Waals surface area contributed by atoms with Crippen molar-refractivity contribution in [2.24, 2.45) is 10.7 Å². The number of aliphatic hydroxyl groups excluding tert-OH is 1. The predicted octanol–water partition coefficient (Wildman–Crippen LogP) is 1.51. The van der Waals surface area contributed by atoms with E-state index in [1.165, 1.54) is 11.1 Å². The summed E-state index contributed by atoms with van der Waals surface area (Å²) in [6, 6.07) is 8.67. The van der Waals surface area contributed by atoms with E-state index < -0.39 is 0 Å². The number of benzene rings is 1. The Labute approximate surface area is 148 Å². The van der Waals surface area contributed by atoms with Gasteiger partial charge in [-0.1, -0.05) is 24.3 Å². The Bertz CT molecular complexity index is 534. The third-order valence-electron chi connectivity index (χ3n) is 4.74. The van der Waals surface area contributed by atoms with Crippen molar-refractivity contribution in [3.8, 4) is 0 Å². The number of likely N-dealkylation sites (tertiary alicyclic amines) is 1. The molecule has 132 valence electrons. The van der Waals surface area contributed by atoms with Crippen LogP contribution in [0.15, 0.2) is 29.3 Å². The molecule has 3 rings (SSSR count). The smallest absolute Gasteiger partial charge is 0.191 e. The van der Waals surface area contributed by atoms with Crippen LogP contribution in [0.4, 0.5) is 0 Å². The lowest BCUT2D eigenvalue weighted by molar-refractivity contribution is 0.0792. The summed E-state index contributed by atoms with van der Waals surface area (Å²) in [7, 11) is 0. The third-order valence-corrected chi connectivity index (χ3v) is 5.69. The second-order valence-electron chi connectivity index (χ2n) is 6.60. The van der Waals surface area contributed by atoms with Gasteiger partial charge in [-0.05, 0) is 24.0 Å². The predicted molar refractivity (Wildman–Crippen MR) is 101 cm³/mol. The van der Waals surface area contributed by atoms with Crippen molar-refractivity contribution in [1.82, 2.24) is 9.80 Å². The fourth-order valence-electron chi connectivity index (χ4n) is 3.15. The molecule has 2 aliphatic heterocycles. The van der Waals surface area contributed by atoms with Crippen LogP contribution in [0.3, 0.4) is 0 Å². The van der Waals surface area contributed by atoms with Gasteiger partial charge in [-0.3, -0.25) is 4.90 Å². The van der Waals surface area contributed by atoms with Crippen LogP contribution < -0.4 is 5.73 Å². The standard InChI is InChI=1S/C18H28N4OS/c19-18(22-9-11-24-12-10-22)20-13-15-1-3-16(4-2-15)14-21-7-5-17(23)6-8-21/h1-4,17,23H,5-14H2,(H2,19,20). The van der Waals surface area contributed by atoms with E-state index in [-0.39, 0.29) is 6.10 Å². The Balaban J connectivity index is 1.49. The fourth-order valence-corrected chi connectivity index (χ4v) is 4.05. The van der Waals surface area contributed by atoms with Crippen LogP contribution in [0, 0.1) is 0 Å². The van der Waals surface area contributed by atoms with E-state index in [0.29, 0.717) is 12.5 Å². The molecular formula is C18H28N4OS. The van der Waals surface area contributed by atoms with Gasteiger partial charge in [0.2, 0.25) is 0 Å². The van der Waals surface area contributed by atoms with Crippen molar-refractivity contribution in [3.63, 3.8) is 0 Å². The molecule has 0 spiro atoms. The molecule has 6 heteroatoms. The van der Waals surface area contributed by atoms with E-state index in [1.54, 1.807) is 0 Å². The first kappa shape index (κ1) is 17.6. The summed E-state index contributed by atoms with van der Waals surface area (Å²) in [5.41, 5.74) is 8.62. The summed E-state index contributed by atoms with van der Waals surface area (Å²) in [4.78, 5) is 9.13. The molecule has 0 saturated carbocycles. The van der Waals surface area contributed by atoms with E-state index in [4.69, 9.17) is 5.73 Å². The second-order valence-corrected chi connectivity index (χ2v) is 7.82. The van der Waals surface area contributed by atoms with Gasteiger partial charge >= 0.3 is 0 Å². The number of hydrogen-bond acceptors (Lipinski definition) is 4. The van der Waals surface area contributed by atoms with Gasteiger partial charge in [0, 0.05) is 44.2 Å². The molecule has 0 aromatic heterocycles. The average molecular weight is 349 g/mol. The van der Waals surface area contributed by atoms with E-state index in [1.807, 2.05) is 11.8 Å². The summed E-state index contributed by atoms with van der Waals surface area (Å²) in [5, 5.41) is 9.57. The van der Waals surface area contributed by atoms with Gasteiger partial charge in [-0.25, -0.2) is 4.99 Å². The van der Waals surface area contributed by atoms with Crippen molar-refractivity contribution in [2.75, 3.05) is 37.7 Å². The van der Waals surface area contributed by atoms with Crippen LogP contribution >= 0.6 is 11.8 Å². The molecule has 0 bridgehead atoms. The van der Waals surface area contributed by atoms with Crippen molar-refractivity contribution < 1.29 is 5.11 Å². The SMILES string of the molecule is NC(=NCc1ccc(CN2CCC(O)CC2)cc1)N1CCSCC1. The fraction of sp³-hybridized carbons (Fsp3) is 0.611. The summed E-state index contributed by atoms with van der Waals surface area (Å²) >= 11 is 1.98. The summed E-state index contributed by atoms with van der Waals surface area (Å²) < 4.78 is 0. The molecule has 24 heavy (non-hydrogen) atoms. The normalized spacial score (nSPS) is 21.2. The molecule has 2 aliphatic rings. The molecule has 0 amide bonds. The summed E-state index contributed by atoms with van der Waals surface area (Å²) in [6.45, 7) is 5.58. The van der Waals surface area contributed by atoms with Gasteiger partial charge in [0.05, 0.1) is 12.6 Å². The zero-order valence-electron chi connectivity index (χ0n) is 14.2. The summed E-state index contributed by atoms with van der Waals surface area (Å²) in [5.74, 6) is 2.95. The van der Waals surface area contributed by atoms with Crippen LogP contribution in [0.25, 0.3) is 0 Å². The highest BCUT2D eigenvalue weighted by Crippen LogP contribution is 2.15. The zero-order chi connectivity index (χ0) is 16.8. The average Bonchev–Trinajstić information content (AvgIpc) is 2.63. The van der Waals surface area contributed by atoms with Crippen LogP contribution in [0.5, 0.6) is 0 Å². The summed E-state index contributed by atoms with van der Waals surface area (Å²) in [6.07, 6.45) is 1.67. The number of nitrogens with zero attached hydrogens (tertiary/aromatic N) is 3. The molecule has 2 saturated heterocycles. The minimum atomic E-state index is -0.106. The first-order chi connectivity index (χ1) is 11.7. The maximum atomic E-state index is 9.57. The largest absolute Gasteiger partial charge is 0.393 e. The van der Waals surface area contributed by atoms with Gasteiger partial charge in [-0.15, -0.1) is 0 Å². The Morgan fingerprint density at radius 1 is 1.08 bits per heavy atom. The highest BCUT2D eigenvalue weighted by molar-refractivity contribution is 7.99. The van der Waals surface area contributed by atoms with E-state index in [9.17, 15) is 5.11 Å². The maximum absolute atomic E-state index is 9.57. The number of aliphatic imine (C=N–C) groups is 1. The molecule has 3 N–H and O–H groups in total. The van der Waals surface area contributed by atoms with Gasteiger partial charge in [0.25, 0.3) is 0 Å². The van der Waals surface area contributed by atoms with E-state index >= 15 is 0 Å². The maximum Gasteiger partial charge on any atom is 0.191 e. The Morgan fingerprint density at radius 2 is 1.71 bits per heavy atom. The Kier molecular flexibility index (Phi) is 6.40. The van der Waals surface area contributed by atoms with Crippen molar-refractivity contribution in [3.05, 3.63) is 35.4 Å². The molecule has 5 nitrogen and oxygen atoms in total. The molecule has 2 fully saturated rings. The number of guanidine groups is 1. The minimum absolute atomic E-state index is 0.106. The van der Waals surface area contributed by atoms with Crippen LogP contribution in [-0.4, -0.2) is 64.7 Å². The highest BCUT2D eigenvalue weighted by atomic mass is 32.2. The van der Waals surface area contributed by atoms with Crippen molar-refractivity contribution in [2.45, 2.75) is 32.0 Å². The third kappa shape index (κ3) is 5.13. The molecule has 1 aromatic carbocycles. The van der Waals surface area contributed by atoms with Gasteiger partial charge in [0.15, 0.2) is 5.96 Å². The highest BCUT2D eigenvalue weighted by Gasteiger charge is 2.16. The van der Waals surface area contributed by atoms with Gasteiger partial charge in [0.1, 0.15) is 0 Å². The number of rotatable bonds is 4. The first-order valence-electron chi connectivity index (χ1n) is 8.81. The molecule has 0 atom stereocenters. The lowest BCUT2D eigenvalue weighted by Gasteiger charge is -2.29. The number of aliphatic hydroxyl groups is 1. The molecule has 0 aliphatic carbocycles. The van der Waals surface area contributed by atoms with Crippen molar-refractivity contribution >= 4 is 17.7 Å². The monoisotopic (exact) mass is 348 g/mol. The second kappa shape index (κ2) is 8.74. The lowest BCUT2D eigenvalue weighted by Crippen LogP contribution is -2.42. The quantitative estimate of drug-likeness (QED) is 0.638. The molecule has 0 radical (unpaired) electrons. The van der Waals surface area contributed by atoms with Crippen LogP contribution in [0.1, 0.15) is 24.0 Å². The van der Waals surface area contributed by atoms with E-state index in [0.717, 1.165) is 57.1 Å². The molecule has 1 aromatic rings. The minimum Gasteiger partial charge on any atom is -0.393 e. The number of piperidine rings is 1. The van der Waals surface area contributed by atoms with Crippen molar-refractivity contribution in [1.29, 1.82) is 0 Å². The van der Waals surface area contributed by atoms with Crippen LogP contribution in [0.2, 0.25) is 0 Å². The first-order valence-corrected chi connectivity index (χ1v) is 9.97. The molecule has 2 heterocycles. The zero-order valence-corrected chi connectivity index (χ0v) is 15.0. The molecule has 0 unspecified atom stereocenters. The number of hydrogen-bond donors (Lipinski definition) is 2. The number of thioether (sulfide) groups is 1. The molecular weight excluding hydrogens is 320 g/mol. The van der Waals surface area contributed by atoms with Gasteiger partial charge < -0.3 is 15.7 Å². The lowest BCUT2D eigenvalue weighted by atomic mass is 10.1. The van der Waals surface area contributed by atoms with Gasteiger partial charge in [-0.2, -0.15) is 11.8 Å². The Morgan fingerprint density at radius 3 is 2.38 bits per heavy atom. The van der Waals surface area contributed by atoms with E-state index in [2.05, 4.69) is 39.1 Å². The number of nitrogens with two attached hydrogens (primary N) is 1. The Hall–Kier alpha value is -1.24. The van der Waals surface area contributed by atoms with Crippen LogP contribution in [-0.2, 0) is 13.1 Å².